The minimum Gasteiger partial charge on any atom is -0.461 e. The van der Waals surface area contributed by atoms with Crippen LogP contribution in [0.2, 0.25) is 0 Å². The van der Waals surface area contributed by atoms with Crippen LogP contribution in [-0.2, 0) is 16.1 Å². The summed E-state index contributed by atoms with van der Waals surface area (Å²) in [7, 11) is 0. The first kappa shape index (κ1) is 18.3. The molecule has 1 N–H and O–H groups in total. The first-order valence-electron chi connectivity index (χ1n) is 7.67. The van der Waals surface area contributed by atoms with Crippen molar-refractivity contribution >= 4 is 39.2 Å². The second-order valence-corrected chi connectivity index (χ2v) is 6.89. The molecule has 0 unspecified atom stereocenters. The van der Waals surface area contributed by atoms with Crippen molar-refractivity contribution in [3.05, 3.63) is 56.6 Å². The Morgan fingerprint density at radius 3 is 2.69 bits per heavy atom. The fraction of sp³-hybridized carbons (Fsp3) is 0.176. The fourth-order valence-corrected chi connectivity index (χ4v) is 3.03. The van der Waals surface area contributed by atoms with Gasteiger partial charge in [0.15, 0.2) is 0 Å². The number of hydrogen-bond acceptors (Lipinski definition) is 7. The Labute approximate surface area is 161 Å². The van der Waals surface area contributed by atoms with Gasteiger partial charge in [0.1, 0.15) is 12.3 Å². The van der Waals surface area contributed by atoms with Crippen molar-refractivity contribution in [3.63, 3.8) is 0 Å². The molecule has 7 nitrogen and oxygen atoms in total. The number of carbonyl (C=O) groups is 2. The number of halogens is 1. The molecule has 0 atom stereocenters. The van der Waals surface area contributed by atoms with Crippen LogP contribution in [-0.4, -0.2) is 33.7 Å². The number of carbonyl (C=O) groups excluding carboxylic acids is 2. The van der Waals surface area contributed by atoms with E-state index in [1.807, 2.05) is 24.3 Å². The van der Waals surface area contributed by atoms with E-state index in [4.69, 9.17) is 9.47 Å². The number of ether oxygens (including phenoxy) is 2. The summed E-state index contributed by atoms with van der Waals surface area (Å²) in [5, 5.41) is 8.68. The molecule has 0 aliphatic rings. The van der Waals surface area contributed by atoms with Crippen molar-refractivity contribution in [3.8, 4) is 11.3 Å². The molecule has 2 aromatic heterocycles. The lowest BCUT2D eigenvalue weighted by Crippen LogP contribution is -2.07. The van der Waals surface area contributed by atoms with Crippen LogP contribution in [0.25, 0.3) is 11.3 Å². The van der Waals surface area contributed by atoms with Gasteiger partial charge in [-0.25, -0.2) is 14.6 Å². The van der Waals surface area contributed by atoms with Gasteiger partial charge < -0.3 is 9.47 Å². The largest absolute Gasteiger partial charge is 0.461 e. The van der Waals surface area contributed by atoms with E-state index in [0.29, 0.717) is 11.4 Å². The van der Waals surface area contributed by atoms with Crippen LogP contribution < -0.4 is 0 Å². The molecule has 26 heavy (non-hydrogen) atoms. The minimum absolute atomic E-state index is 0.0403. The van der Waals surface area contributed by atoms with Crippen LogP contribution in [0.1, 0.15) is 32.9 Å². The maximum atomic E-state index is 12.1. The second-order valence-electron chi connectivity index (χ2n) is 5.11. The fourth-order valence-electron chi connectivity index (χ4n) is 2.07. The van der Waals surface area contributed by atoms with Gasteiger partial charge in [0, 0.05) is 15.4 Å². The van der Waals surface area contributed by atoms with Crippen LogP contribution in [0.4, 0.5) is 0 Å². The Morgan fingerprint density at radius 1 is 1.19 bits per heavy atom. The number of esters is 2. The molecule has 0 saturated carbocycles. The molecular weight excluding hydrogens is 422 g/mol. The molecule has 0 bridgehead atoms. The first-order valence-corrected chi connectivity index (χ1v) is 9.34. The highest BCUT2D eigenvalue weighted by atomic mass is 79.9. The van der Waals surface area contributed by atoms with Crippen molar-refractivity contribution in [1.29, 1.82) is 0 Å². The predicted octanol–water partition coefficient (Wildman–Crippen LogP) is 3.83. The number of hydrogen-bond donors (Lipinski definition) is 1. The highest BCUT2D eigenvalue weighted by Crippen LogP contribution is 2.21. The number of nitrogens with one attached hydrogen (secondary N) is 1. The lowest BCUT2D eigenvalue weighted by Gasteiger charge is -2.00. The molecule has 3 aromatic rings. The van der Waals surface area contributed by atoms with Gasteiger partial charge in [-0.15, -0.1) is 11.3 Å². The zero-order valence-electron chi connectivity index (χ0n) is 13.7. The number of aromatic amines is 1. The number of nitrogens with zero attached hydrogens (tertiary/aromatic N) is 2. The summed E-state index contributed by atoms with van der Waals surface area (Å²) in [6, 6.07) is 9.19. The first-order chi connectivity index (χ1) is 12.6. The highest BCUT2D eigenvalue weighted by Gasteiger charge is 2.15. The average Bonchev–Trinajstić information content (AvgIpc) is 3.30. The minimum atomic E-state index is -0.549. The topological polar surface area (TPSA) is 94.2 Å². The van der Waals surface area contributed by atoms with Gasteiger partial charge >= 0.3 is 11.9 Å². The van der Waals surface area contributed by atoms with Gasteiger partial charge in [0.2, 0.25) is 5.01 Å². The molecule has 0 amide bonds. The van der Waals surface area contributed by atoms with E-state index in [-0.39, 0.29) is 23.9 Å². The van der Waals surface area contributed by atoms with Gasteiger partial charge in [-0.3, -0.25) is 5.10 Å². The zero-order valence-corrected chi connectivity index (χ0v) is 16.1. The Kier molecular flexibility index (Phi) is 5.79. The van der Waals surface area contributed by atoms with Gasteiger partial charge in [-0.1, -0.05) is 28.1 Å². The summed E-state index contributed by atoms with van der Waals surface area (Å²) in [5.74, 6) is -1.03. The normalized spacial score (nSPS) is 10.5. The number of benzene rings is 1. The van der Waals surface area contributed by atoms with Gasteiger partial charge in [-0.2, -0.15) is 5.10 Å². The van der Waals surface area contributed by atoms with E-state index < -0.39 is 11.9 Å². The van der Waals surface area contributed by atoms with Crippen molar-refractivity contribution in [2.75, 3.05) is 6.61 Å². The van der Waals surface area contributed by atoms with Crippen LogP contribution in [0.3, 0.4) is 0 Å². The third-order valence-electron chi connectivity index (χ3n) is 3.29. The lowest BCUT2D eigenvalue weighted by molar-refractivity contribution is 0.0461. The van der Waals surface area contributed by atoms with Gasteiger partial charge in [-0.05, 0) is 25.1 Å². The SMILES string of the molecule is CCOC(=O)c1nc(COC(=O)c2cc(-c3ccc(Br)cc3)n[nH]2)cs1. The lowest BCUT2D eigenvalue weighted by atomic mass is 10.1. The van der Waals surface area contributed by atoms with E-state index in [1.165, 1.54) is 0 Å². The summed E-state index contributed by atoms with van der Waals surface area (Å²) < 4.78 is 11.0. The molecule has 0 spiro atoms. The molecule has 0 fully saturated rings. The summed E-state index contributed by atoms with van der Waals surface area (Å²) >= 11 is 4.52. The second kappa shape index (κ2) is 8.24. The van der Waals surface area contributed by atoms with Gasteiger partial charge in [0.25, 0.3) is 0 Å². The molecule has 0 saturated heterocycles. The number of rotatable bonds is 6. The zero-order chi connectivity index (χ0) is 18.5. The van der Waals surface area contributed by atoms with Crippen LogP contribution in [0, 0.1) is 0 Å². The third kappa shape index (κ3) is 4.36. The van der Waals surface area contributed by atoms with E-state index in [1.54, 1.807) is 18.4 Å². The van der Waals surface area contributed by atoms with Crippen LogP contribution >= 0.6 is 27.3 Å². The number of thiazole rings is 1. The Balaban J connectivity index is 1.60. The summed E-state index contributed by atoms with van der Waals surface area (Å²) in [6.45, 7) is 1.96. The summed E-state index contributed by atoms with van der Waals surface area (Å²) in [5.41, 5.74) is 2.24. The van der Waals surface area contributed by atoms with Crippen molar-refractivity contribution in [2.24, 2.45) is 0 Å². The smallest absolute Gasteiger partial charge is 0.367 e. The molecule has 9 heteroatoms. The summed E-state index contributed by atoms with van der Waals surface area (Å²) in [6.07, 6.45) is 0. The molecule has 2 heterocycles. The monoisotopic (exact) mass is 435 g/mol. The average molecular weight is 436 g/mol. The Bertz CT molecular complexity index is 920. The maximum Gasteiger partial charge on any atom is 0.367 e. The molecule has 1 aromatic carbocycles. The molecule has 134 valence electrons. The molecule has 0 aliphatic carbocycles. The number of H-pyrrole nitrogens is 1. The van der Waals surface area contributed by atoms with E-state index in [9.17, 15) is 9.59 Å². The highest BCUT2D eigenvalue weighted by molar-refractivity contribution is 9.10. The van der Waals surface area contributed by atoms with E-state index in [2.05, 4.69) is 31.1 Å². The van der Waals surface area contributed by atoms with Crippen LogP contribution in [0.5, 0.6) is 0 Å². The van der Waals surface area contributed by atoms with E-state index >= 15 is 0 Å². The third-order valence-corrected chi connectivity index (χ3v) is 4.69. The Hall–Kier alpha value is -2.52. The molecule has 0 radical (unpaired) electrons. The quantitative estimate of drug-likeness (QED) is 0.591. The molecular formula is C17H14BrN3O4S. The predicted molar refractivity (Wildman–Crippen MR) is 98.9 cm³/mol. The van der Waals surface area contributed by atoms with Gasteiger partial charge in [0.05, 0.1) is 18.0 Å². The summed E-state index contributed by atoms with van der Waals surface area (Å²) in [4.78, 5) is 27.8. The number of aromatic nitrogens is 3. The van der Waals surface area contributed by atoms with Crippen molar-refractivity contribution in [2.45, 2.75) is 13.5 Å². The van der Waals surface area contributed by atoms with Crippen LogP contribution in [0.15, 0.2) is 40.2 Å². The molecule has 0 aliphatic heterocycles. The standard InChI is InChI=1S/C17H14BrN3O4S/c1-2-24-17(23)15-19-12(9-26-15)8-25-16(22)14-7-13(20-21-14)10-3-5-11(18)6-4-10/h3-7,9H,2,8H2,1H3,(H,20,21). The Morgan fingerprint density at radius 2 is 1.96 bits per heavy atom. The van der Waals surface area contributed by atoms with E-state index in [0.717, 1.165) is 21.4 Å². The van der Waals surface area contributed by atoms with Crippen molar-refractivity contribution < 1.29 is 19.1 Å². The van der Waals surface area contributed by atoms with Crippen molar-refractivity contribution in [1.82, 2.24) is 15.2 Å². The maximum absolute atomic E-state index is 12.1. The molecule has 3 rings (SSSR count).